The quantitative estimate of drug-likeness (QED) is 0.600. The van der Waals surface area contributed by atoms with Crippen molar-refractivity contribution in [3.8, 4) is 0 Å². The fourth-order valence-electron chi connectivity index (χ4n) is 1.34. The van der Waals surface area contributed by atoms with E-state index in [2.05, 4.69) is 20.4 Å². The van der Waals surface area contributed by atoms with E-state index < -0.39 is 24.8 Å². The molecule has 0 fully saturated rings. The lowest BCUT2D eigenvalue weighted by Gasteiger charge is -2.12. The molecule has 0 saturated carbocycles. The van der Waals surface area contributed by atoms with Crippen molar-refractivity contribution < 1.29 is 26.7 Å². The van der Waals surface area contributed by atoms with Crippen LogP contribution in [0.15, 0.2) is 12.1 Å². The minimum Gasteiger partial charge on any atom is -0.374 e. The van der Waals surface area contributed by atoms with Crippen LogP contribution in [-0.2, 0) is 10.9 Å². The summed E-state index contributed by atoms with van der Waals surface area (Å²) in [5, 5.41) is 5.10. The van der Waals surface area contributed by atoms with Crippen LogP contribution < -0.4 is 10.6 Å². The van der Waals surface area contributed by atoms with E-state index in [1.807, 2.05) is 0 Å². The summed E-state index contributed by atoms with van der Waals surface area (Å²) in [7, 11) is 1.44. The molecule has 20 heavy (non-hydrogen) atoms. The second-order valence-electron chi connectivity index (χ2n) is 3.77. The molecule has 1 aromatic heterocycles. The topological polar surface area (TPSA) is 46.2 Å². The Kier molecular flexibility index (Phi) is 5.93. The summed E-state index contributed by atoms with van der Waals surface area (Å²) < 4.78 is 66.0. The summed E-state index contributed by atoms with van der Waals surface area (Å²) in [6.07, 6.45) is -7.06. The Morgan fingerprint density at radius 3 is 2.45 bits per heavy atom. The highest BCUT2D eigenvalue weighted by Gasteiger charge is 2.31. The maximum Gasteiger partial charge on any atom is 0.416 e. The van der Waals surface area contributed by atoms with Gasteiger partial charge >= 0.3 is 6.18 Å². The molecule has 0 spiro atoms. The van der Waals surface area contributed by atoms with Crippen molar-refractivity contribution in [2.24, 2.45) is 0 Å². The fourth-order valence-corrected chi connectivity index (χ4v) is 1.34. The monoisotopic (exact) mass is 299 g/mol. The van der Waals surface area contributed by atoms with E-state index in [9.17, 15) is 22.0 Å². The van der Waals surface area contributed by atoms with Crippen LogP contribution in [-0.4, -0.2) is 38.2 Å². The van der Waals surface area contributed by atoms with E-state index >= 15 is 0 Å². The van der Waals surface area contributed by atoms with Crippen LogP contribution in [0.25, 0.3) is 0 Å². The molecular weight excluding hydrogens is 285 g/mol. The van der Waals surface area contributed by atoms with E-state index in [-0.39, 0.29) is 24.8 Å². The van der Waals surface area contributed by atoms with Crippen LogP contribution >= 0.6 is 0 Å². The maximum atomic E-state index is 12.6. The molecule has 0 unspecified atom stereocenters. The molecule has 1 heterocycles. The van der Waals surface area contributed by atoms with Crippen molar-refractivity contribution in [1.29, 1.82) is 0 Å². The van der Waals surface area contributed by atoms with E-state index in [4.69, 9.17) is 0 Å². The molecule has 0 saturated heterocycles. The molecule has 1 rings (SSSR count). The summed E-state index contributed by atoms with van der Waals surface area (Å²) in [5.41, 5.74) is -0.854. The molecule has 0 aromatic carbocycles. The lowest BCUT2D eigenvalue weighted by atomic mass is 10.2. The highest BCUT2D eigenvalue weighted by Crippen LogP contribution is 2.31. The van der Waals surface area contributed by atoms with Gasteiger partial charge in [0.25, 0.3) is 6.43 Å². The van der Waals surface area contributed by atoms with Crippen LogP contribution in [0.3, 0.4) is 0 Å². The van der Waals surface area contributed by atoms with Crippen molar-refractivity contribution in [2.75, 3.05) is 37.4 Å². The van der Waals surface area contributed by atoms with E-state index in [1.54, 1.807) is 0 Å². The first-order valence-corrected chi connectivity index (χ1v) is 5.69. The van der Waals surface area contributed by atoms with Gasteiger partial charge in [0.2, 0.25) is 0 Å². The van der Waals surface area contributed by atoms with Gasteiger partial charge in [-0.05, 0) is 12.1 Å². The van der Waals surface area contributed by atoms with Crippen molar-refractivity contribution >= 4 is 11.6 Å². The van der Waals surface area contributed by atoms with Crippen LogP contribution in [0.2, 0.25) is 0 Å². The number of rotatable bonds is 7. The summed E-state index contributed by atoms with van der Waals surface area (Å²) >= 11 is 0. The van der Waals surface area contributed by atoms with Gasteiger partial charge in [0.15, 0.2) is 0 Å². The Bertz CT molecular complexity index is 425. The second-order valence-corrected chi connectivity index (χ2v) is 3.77. The lowest BCUT2D eigenvalue weighted by molar-refractivity contribution is -0.137. The molecule has 0 radical (unpaired) electrons. The molecular formula is C11H14F5N3O. The predicted octanol–water partition coefficient (Wildman–Crippen LogP) is 2.84. The lowest BCUT2D eigenvalue weighted by Crippen LogP contribution is -2.15. The van der Waals surface area contributed by atoms with Crippen LogP contribution in [0.5, 0.6) is 0 Å². The zero-order valence-electron chi connectivity index (χ0n) is 10.6. The zero-order chi connectivity index (χ0) is 15.2. The molecule has 1 aromatic rings. The summed E-state index contributed by atoms with van der Waals surface area (Å²) in [5.74, 6) is 0.0423. The molecule has 114 valence electrons. The van der Waals surface area contributed by atoms with Crippen molar-refractivity contribution in [2.45, 2.75) is 12.6 Å². The molecule has 9 heteroatoms. The smallest absolute Gasteiger partial charge is 0.374 e. The fraction of sp³-hybridized carbons (Fsp3) is 0.545. The maximum absolute atomic E-state index is 12.6. The minimum atomic E-state index is -4.49. The third-order valence-corrected chi connectivity index (χ3v) is 2.21. The number of anilines is 2. The normalized spacial score (nSPS) is 11.8. The molecule has 2 N–H and O–H groups in total. The standard InChI is InChI=1S/C11H14F5N3O/c1-17-9-4-7(11(14,15)16)5-10(19-9)18-2-3-20-6-8(12)13/h4-5,8H,2-3,6H2,1H3,(H2,17,18,19). The average Bonchev–Trinajstić information content (AvgIpc) is 2.36. The first-order valence-electron chi connectivity index (χ1n) is 5.69. The van der Waals surface area contributed by atoms with Crippen molar-refractivity contribution in [1.82, 2.24) is 4.98 Å². The number of nitrogens with zero attached hydrogens (tertiary/aromatic N) is 1. The third-order valence-electron chi connectivity index (χ3n) is 2.21. The molecule has 0 atom stereocenters. The number of alkyl halides is 5. The number of pyridine rings is 1. The Morgan fingerprint density at radius 2 is 1.90 bits per heavy atom. The summed E-state index contributed by atoms with van der Waals surface area (Å²) in [6, 6.07) is 1.71. The van der Waals surface area contributed by atoms with Crippen molar-refractivity contribution in [3.05, 3.63) is 17.7 Å². The van der Waals surface area contributed by atoms with Crippen LogP contribution in [0.4, 0.5) is 33.6 Å². The third kappa shape index (κ3) is 5.55. The van der Waals surface area contributed by atoms with E-state index in [0.29, 0.717) is 0 Å². The van der Waals surface area contributed by atoms with Gasteiger partial charge in [-0.2, -0.15) is 13.2 Å². The first-order chi connectivity index (χ1) is 9.32. The highest BCUT2D eigenvalue weighted by atomic mass is 19.4. The number of aromatic nitrogens is 1. The summed E-state index contributed by atoms with van der Waals surface area (Å²) in [4.78, 5) is 3.87. The van der Waals surface area contributed by atoms with Gasteiger partial charge < -0.3 is 15.4 Å². The van der Waals surface area contributed by atoms with Crippen LogP contribution in [0, 0.1) is 0 Å². The van der Waals surface area contributed by atoms with Gasteiger partial charge in [-0.15, -0.1) is 0 Å². The van der Waals surface area contributed by atoms with Gasteiger partial charge in [-0.3, -0.25) is 0 Å². The zero-order valence-corrected chi connectivity index (χ0v) is 10.6. The molecule has 0 aliphatic carbocycles. The summed E-state index contributed by atoms with van der Waals surface area (Å²) in [6.45, 7) is -0.694. The van der Waals surface area contributed by atoms with Gasteiger partial charge in [-0.25, -0.2) is 13.8 Å². The van der Waals surface area contributed by atoms with Gasteiger partial charge in [-0.1, -0.05) is 0 Å². The van der Waals surface area contributed by atoms with E-state index in [0.717, 1.165) is 12.1 Å². The highest BCUT2D eigenvalue weighted by molar-refractivity contribution is 5.49. The number of halogens is 5. The average molecular weight is 299 g/mol. The van der Waals surface area contributed by atoms with Crippen LogP contribution in [0.1, 0.15) is 5.56 Å². The second kappa shape index (κ2) is 7.22. The SMILES string of the molecule is CNc1cc(C(F)(F)F)cc(NCCOCC(F)F)n1. The Hall–Kier alpha value is -1.64. The first kappa shape index (κ1) is 16.4. The van der Waals surface area contributed by atoms with E-state index in [1.165, 1.54) is 7.05 Å². The number of ether oxygens (including phenoxy) is 1. The molecule has 0 aliphatic heterocycles. The predicted molar refractivity (Wildman–Crippen MR) is 64.1 cm³/mol. The Balaban J connectivity index is 2.61. The van der Waals surface area contributed by atoms with Gasteiger partial charge in [0, 0.05) is 13.6 Å². The molecule has 0 amide bonds. The minimum absolute atomic E-state index is 0.00942. The molecule has 4 nitrogen and oxygen atoms in total. The number of hydrogen-bond donors (Lipinski definition) is 2. The van der Waals surface area contributed by atoms with Crippen molar-refractivity contribution in [3.63, 3.8) is 0 Å². The number of nitrogens with one attached hydrogen (secondary N) is 2. The van der Waals surface area contributed by atoms with Gasteiger partial charge in [0.1, 0.15) is 18.2 Å². The Labute approximate surface area is 112 Å². The Morgan fingerprint density at radius 1 is 1.25 bits per heavy atom. The molecule has 0 aliphatic rings. The largest absolute Gasteiger partial charge is 0.416 e. The van der Waals surface area contributed by atoms with Gasteiger partial charge in [0.05, 0.1) is 12.2 Å². The molecule has 0 bridgehead atoms. The number of hydrogen-bond acceptors (Lipinski definition) is 4.